The molecule has 0 spiro atoms. The van der Waals surface area contributed by atoms with Crippen molar-refractivity contribution in [3.63, 3.8) is 0 Å². The van der Waals surface area contributed by atoms with Gasteiger partial charge in [-0.25, -0.2) is 0 Å². The van der Waals surface area contributed by atoms with Crippen molar-refractivity contribution in [1.29, 1.82) is 0 Å². The second kappa shape index (κ2) is 11.5. The Bertz CT molecular complexity index is 246. The summed E-state index contributed by atoms with van der Waals surface area (Å²) in [7, 11) is 1.49. The quantitative estimate of drug-likeness (QED) is 0.710. The number of carbonyl (C=O) groups excluding carboxylic acids is 1. The topological polar surface area (TPSA) is 29.5 Å². The maximum absolute atomic E-state index is 12.0. The average Bonchev–Trinajstić information content (AvgIpc) is 2.45. The van der Waals surface area contributed by atoms with Gasteiger partial charge in [-0.1, -0.05) is 0 Å². The molecule has 0 aromatic rings. The zero-order chi connectivity index (χ0) is 13.9. The van der Waals surface area contributed by atoms with Gasteiger partial charge >= 0.3 is 5.97 Å². The van der Waals surface area contributed by atoms with Crippen molar-refractivity contribution in [2.75, 3.05) is 53.9 Å². The molecule has 0 aliphatic carbocycles. The molecule has 3 nitrogen and oxygen atoms in total. The average molecular weight is 342 g/mol. The molecular formula is C12H23NO2S4. The second-order valence-corrected chi connectivity index (χ2v) is 8.46. The molecule has 0 aromatic carbocycles. The van der Waals surface area contributed by atoms with E-state index in [1.807, 2.05) is 35.3 Å². The highest BCUT2D eigenvalue weighted by molar-refractivity contribution is 8.04. The first-order valence-corrected chi connectivity index (χ1v) is 11.2. The zero-order valence-corrected chi connectivity index (χ0v) is 14.9. The minimum atomic E-state index is -0.0818. The van der Waals surface area contributed by atoms with Crippen molar-refractivity contribution in [3.05, 3.63) is 0 Å². The molecule has 1 rings (SSSR count). The van der Waals surface area contributed by atoms with E-state index in [9.17, 15) is 4.79 Å². The molecule has 0 amide bonds. The number of carbonyl (C=O) groups is 1. The van der Waals surface area contributed by atoms with E-state index in [1.54, 1.807) is 11.8 Å². The summed E-state index contributed by atoms with van der Waals surface area (Å²) in [5.41, 5.74) is 0. The van der Waals surface area contributed by atoms with Gasteiger partial charge in [0, 0.05) is 34.8 Å². The lowest BCUT2D eigenvalue weighted by molar-refractivity contribution is -0.146. The number of ether oxygens (including phenoxy) is 1. The Morgan fingerprint density at radius 3 is 2.32 bits per heavy atom. The van der Waals surface area contributed by atoms with Crippen molar-refractivity contribution < 1.29 is 9.53 Å². The highest BCUT2D eigenvalue weighted by Gasteiger charge is 2.26. The maximum Gasteiger partial charge on any atom is 0.323 e. The third kappa shape index (κ3) is 7.41. The van der Waals surface area contributed by atoms with E-state index < -0.39 is 0 Å². The fraction of sp³-hybridized carbons (Fsp3) is 0.917. The predicted octanol–water partition coefficient (Wildman–Crippen LogP) is 2.71. The summed E-state index contributed by atoms with van der Waals surface area (Å²) in [6.45, 7) is 0. The van der Waals surface area contributed by atoms with Crippen LogP contribution in [0.2, 0.25) is 0 Å². The number of esters is 1. The Hall–Kier alpha value is 0.830. The lowest BCUT2D eigenvalue weighted by Crippen LogP contribution is -2.42. The van der Waals surface area contributed by atoms with Gasteiger partial charge in [0.05, 0.1) is 7.11 Å². The van der Waals surface area contributed by atoms with E-state index in [-0.39, 0.29) is 12.0 Å². The smallest absolute Gasteiger partial charge is 0.323 e. The largest absolute Gasteiger partial charge is 0.468 e. The minimum Gasteiger partial charge on any atom is -0.468 e. The summed E-state index contributed by atoms with van der Waals surface area (Å²) >= 11 is 7.67. The van der Waals surface area contributed by atoms with Gasteiger partial charge in [-0.05, 0) is 18.4 Å². The Morgan fingerprint density at radius 2 is 1.79 bits per heavy atom. The Balaban J connectivity index is 2.57. The third-order valence-corrected chi connectivity index (χ3v) is 6.93. The Kier molecular flexibility index (Phi) is 10.8. The lowest BCUT2D eigenvalue weighted by atomic mass is 10.2. The van der Waals surface area contributed by atoms with Gasteiger partial charge < -0.3 is 4.74 Å². The molecule has 1 saturated heterocycles. The monoisotopic (exact) mass is 341 g/mol. The van der Waals surface area contributed by atoms with Gasteiger partial charge in [0.25, 0.3) is 0 Å². The van der Waals surface area contributed by atoms with Crippen molar-refractivity contribution in [1.82, 2.24) is 4.90 Å². The maximum atomic E-state index is 12.0. The molecule has 1 unspecified atom stereocenters. The highest BCUT2D eigenvalue weighted by atomic mass is 32.2. The number of hydrogen-bond acceptors (Lipinski definition) is 7. The number of methoxy groups -OCH3 is 1. The Morgan fingerprint density at radius 1 is 1.21 bits per heavy atom. The molecule has 0 radical (unpaired) electrons. The van der Waals surface area contributed by atoms with Crippen LogP contribution in [0.1, 0.15) is 6.42 Å². The lowest BCUT2D eigenvalue weighted by Gasteiger charge is -2.29. The molecule has 0 aromatic heterocycles. The van der Waals surface area contributed by atoms with Crippen LogP contribution in [0.3, 0.4) is 0 Å². The van der Waals surface area contributed by atoms with Crippen LogP contribution in [0, 0.1) is 0 Å². The normalized spacial score (nSPS) is 20.7. The number of nitrogens with zero attached hydrogens (tertiary/aromatic N) is 1. The van der Waals surface area contributed by atoms with Crippen molar-refractivity contribution in [2.45, 2.75) is 12.5 Å². The molecule has 1 aliphatic rings. The van der Waals surface area contributed by atoms with Gasteiger partial charge in [0.2, 0.25) is 0 Å². The van der Waals surface area contributed by atoms with Gasteiger partial charge in [-0.2, -0.15) is 23.5 Å². The number of rotatable bonds is 5. The van der Waals surface area contributed by atoms with Crippen molar-refractivity contribution >= 4 is 53.0 Å². The fourth-order valence-electron chi connectivity index (χ4n) is 1.73. The molecule has 0 N–H and O–H groups in total. The zero-order valence-electron chi connectivity index (χ0n) is 11.6. The highest BCUT2D eigenvalue weighted by Crippen LogP contribution is 2.21. The first-order valence-electron chi connectivity index (χ1n) is 6.33. The summed E-state index contributed by atoms with van der Waals surface area (Å²) in [6, 6.07) is -0.0791. The van der Waals surface area contributed by atoms with Gasteiger partial charge in [-0.15, -0.1) is 23.5 Å². The van der Waals surface area contributed by atoms with Crippen LogP contribution in [0.15, 0.2) is 0 Å². The third-order valence-electron chi connectivity index (χ3n) is 2.77. The van der Waals surface area contributed by atoms with E-state index in [4.69, 9.17) is 4.74 Å². The predicted molar refractivity (Wildman–Crippen MR) is 92.6 cm³/mol. The first kappa shape index (κ1) is 17.9. The molecule has 0 saturated carbocycles. The number of hydrogen-bond donors (Lipinski definition) is 0. The van der Waals surface area contributed by atoms with E-state index in [0.717, 1.165) is 23.9 Å². The minimum absolute atomic E-state index is 0.0791. The van der Waals surface area contributed by atoms with Gasteiger partial charge in [0.15, 0.2) is 0 Å². The summed E-state index contributed by atoms with van der Waals surface area (Å²) in [5, 5.41) is 0. The van der Waals surface area contributed by atoms with Crippen LogP contribution in [0.4, 0.5) is 0 Å². The molecule has 112 valence electrons. The van der Waals surface area contributed by atoms with Gasteiger partial charge in [-0.3, -0.25) is 9.69 Å². The van der Waals surface area contributed by atoms with Crippen molar-refractivity contribution in [3.8, 4) is 0 Å². The summed E-state index contributed by atoms with van der Waals surface area (Å²) < 4.78 is 4.98. The van der Waals surface area contributed by atoms with Crippen LogP contribution in [-0.2, 0) is 9.53 Å². The molecule has 1 heterocycles. The Labute approximate surface area is 133 Å². The molecule has 19 heavy (non-hydrogen) atoms. The van der Waals surface area contributed by atoms with Crippen LogP contribution in [-0.4, -0.2) is 70.8 Å². The summed E-state index contributed by atoms with van der Waals surface area (Å²) in [5.74, 6) is 7.55. The molecule has 1 atom stereocenters. The van der Waals surface area contributed by atoms with Crippen molar-refractivity contribution in [2.24, 2.45) is 0 Å². The molecular weight excluding hydrogens is 318 g/mol. The SMILES string of the molecule is COC(=O)C(CCSC)N1CSCCSCCSC1. The molecule has 1 aliphatic heterocycles. The fourth-order valence-corrected chi connectivity index (χ4v) is 5.67. The molecule has 0 bridgehead atoms. The summed E-state index contributed by atoms with van der Waals surface area (Å²) in [4.78, 5) is 14.3. The summed E-state index contributed by atoms with van der Waals surface area (Å²) in [6.07, 6.45) is 2.96. The first-order chi connectivity index (χ1) is 9.29. The molecule has 1 fully saturated rings. The standard InChI is InChI=1S/C12H23NO2S4/c1-15-12(14)11(3-4-16-2)13-9-18-7-5-17-6-8-19-10-13/h11H,3-10H2,1-2H3. The van der Waals surface area contributed by atoms with E-state index in [2.05, 4.69) is 11.2 Å². The van der Waals surface area contributed by atoms with Crippen LogP contribution >= 0.6 is 47.0 Å². The van der Waals surface area contributed by atoms with Crippen LogP contribution in [0.5, 0.6) is 0 Å². The van der Waals surface area contributed by atoms with E-state index >= 15 is 0 Å². The second-order valence-electron chi connectivity index (χ2n) is 4.10. The number of thioether (sulfide) groups is 4. The van der Waals surface area contributed by atoms with Gasteiger partial charge in [0.1, 0.15) is 6.04 Å². The van der Waals surface area contributed by atoms with E-state index in [0.29, 0.717) is 0 Å². The van der Waals surface area contributed by atoms with Crippen LogP contribution in [0.25, 0.3) is 0 Å². The van der Waals surface area contributed by atoms with E-state index in [1.165, 1.54) is 30.1 Å². The van der Waals surface area contributed by atoms with Crippen LogP contribution < -0.4 is 0 Å². The molecule has 7 heteroatoms.